The van der Waals surface area contributed by atoms with Gasteiger partial charge in [0.2, 0.25) is 0 Å². The second-order valence-electron chi connectivity index (χ2n) is 3.65. The third kappa shape index (κ3) is 1.80. The molecule has 1 aliphatic rings. The average Bonchev–Trinajstić information content (AvgIpc) is 2.26. The molecule has 0 saturated carbocycles. The van der Waals surface area contributed by atoms with Crippen LogP contribution in [0.5, 0.6) is 11.5 Å². The highest BCUT2D eigenvalue weighted by molar-refractivity contribution is 5.71. The molecule has 1 aliphatic heterocycles. The maximum atomic E-state index is 13.2. The Morgan fingerprint density at radius 2 is 2.38 bits per heavy atom. The maximum absolute atomic E-state index is 13.2. The first-order valence-corrected chi connectivity index (χ1v) is 4.84. The van der Waals surface area contributed by atoms with E-state index in [0.717, 1.165) is 0 Å². The Morgan fingerprint density at radius 1 is 1.62 bits per heavy atom. The second-order valence-corrected chi connectivity index (χ2v) is 3.65. The van der Waals surface area contributed by atoms with Crippen LogP contribution in [0, 0.1) is 11.7 Å². The van der Waals surface area contributed by atoms with Crippen molar-refractivity contribution in [2.45, 2.75) is 6.42 Å². The van der Waals surface area contributed by atoms with Crippen LogP contribution >= 0.6 is 0 Å². The van der Waals surface area contributed by atoms with E-state index in [4.69, 9.17) is 14.6 Å². The largest absolute Gasteiger partial charge is 0.493 e. The number of hydrogen-bond donors (Lipinski definition) is 1. The number of fused-ring (bicyclic) bond motifs is 1. The first kappa shape index (κ1) is 10.7. The molecule has 0 aromatic heterocycles. The van der Waals surface area contributed by atoms with Crippen LogP contribution in [0.25, 0.3) is 0 Å². The van der Waals surface area contributed by atoms with Gasteiger partial charge in [-0.05, 0) is 12.5 Å². The van der Waals surface area contributed by atoms with E-state index in [9.17, 15) is 9.18 Å². The minimum atomic E-state index is -0.936. The van der Waals surface area contributed by atoms with Crippen LogP contribution in [0.1, 0.15) is 5.56 Å². The van der Waals surface area contributed by atoms with E-state index in [1.54, 1.807) is 0 Å². The summed E-state index contributed by atoms with van der Waals surface area (Å²) < 4.78 is 23.5. The van der Waals surface area contributed by atoms with Crippen LogP contribution in [0.4, 0.5) is 4.39 Å². The first-order valence-electron chi connectivity index (χ1n) is 4.84. The molecule has 0 saturated heterocycles. The monoisotopic (exact) mass is 226 g/mol. The van der Waals surface area contributed by atoms with Crippen molar-refractivity contribution >= 4 is 5.97 Å². The number of halogens is 1. The molecule has 5 heteroatoms. The lowest BCUT2D eigenvalue weighted by atomic mass is 9.96. The summed E-state index contributed by atoms with van der Waals surface area (Å²) in [4.78, 5) is 10.8. The molecular weight excluding hydrogens is 215 g/mol. The van der Waals surface area contributed by atoms with E-state index in [1.165, 1.54) is 19.2 Å². The minimum absolute atomic E-state index is 0.0876. The normalized spacial score (nSPS) is 18.5. The van der Waals surface area contributed by atoms with Crippen molar-refractivity contribution in [3.8, 4) is 11.5 Å². The zero-order chi connectivity index (χ0) is 11.7. The van der Waals surface area contributed by atoms with Crippen molar-refractivity contribution in [1.29, 1.82) is 0 Å². The van der Waals surface area contributed by atoms with Crippen molar-refractivity contribution in [2.24, 2.45) is 5.92 Å². The summed E-state index contributed by atoms with van der Waals surface area (Å²) in [6, 6.07) is 2.51. The first-order chi connectivity index (χ1) is 7.61. The molecule has 1 N–H and O–H groups in total. The Morgan fingerprint density at radius 3 is 3.00 bits per heavy atom. The van der Waals surface area contributed by atoms with Crippen LogP contribution in [-0.2, 0) is 11.2 Å². The SMILES string of the molecule is COc1cc(F)cc2c1OC[C@@H](C(=O)O)C2. The standard InChI is InChI=1S/C11H11FO4/c1-15-9-4-8(12)3-6-2-7(11(13)14)5-16-10(6)9/h3-4,7H,2,5H2,1H3,(H,13,14)/t7-/m0/s1. The third-order valence-corrected chi connectivity index (χ3v) is 2.56. The van der Waals surface area contributed by atoms with Crippen LogP contribution in [-0.4, -0.2) is 24.8 Å². The molecule has 1 aromatic rings. The van der Waals surface area contributed by atoms with Crippen LogP contribution in [0.15, 0.2) is 12.1 Å². The number of methoxy groups -OCH3 is 1. The smallest absolute Gasteiger partial charge is 0.310 e. The number of carbonyl (C=O) groups is 1. The molecule has 0 fully saturated rings. The Kier molecular flexibility index (Phi) is 2.68. The molecular formula is C11H11FO4. The fourth-order valence-electron chi connectivity index (χ4n) is 1.76. The van der Waals surface area contributed by atoms with Gasteiger partial charge in [0.05, 0.1) is 13.0 Å². The maximum Gasteiger partial charge on any atom is 0.310 e. The molecule has 0 bridgehead atoms. The molecule has 1 heterocycles. The highest BCUT2D eigenvalue weighted by atomic mass is 19.1. The summed E-state index contributed by atoms with van der Waals surface area (Å²) in [6.45, 7) is 0.0876. The predicted molar refractivity (Wildman–Crippen MR) is 53.3 cm³/mol. The second kappa shape index (κ2) is 4.00. The molecule has 1 atom stereocenters. The number of ether oxygens (including phenoxy) is 2. The summed E-state index contributed by atoms with van der Waals surface area (Å²) in [5, 5.41) is 8.85. The predicted octanol–water partition coefficient (Wildman–Crippen LogP) is 1.47. The molecule has 1 aromatic carbocycles. The van der Waals surface area contributed by atoms with Gasteiger partial charge in [-0.3, -0.25) is 4.79 Å². The van der Waals surface area contributed by atoms with Crippen molar-refractivity contribution in [1.82, 2.24) is 0 Å². The van der Waals surface area contributed by atoms with Crippen molar-refractivity contribution < 1.29 is 23.8 Å². The molecule has 0 spiro atoms. The molecule has 0 amide bonds. The van der Waals surface area contributed by atoms with Gasteiger partial charge >= 0.3 is 5.97 Å². The minimum Gasteiger partial charge on any atom is -0.493 e. The quantitative estimate of drug-likeness (QED) is 0.829. The van der Waals surface area contributed by atoms with Crippen LogP contribution in [0.2, 0.25) is 0 Å². The van der Waals surface area contributed by atoms with Gasteiger partial charge in [0.1, 0.15) is 12.4 Å². The molecule has 4 nitrogen and oxygen atoms in total. The topological polar surface area (TPSA) is 55.8 Å². The van der Waals surface area contributed by atoms with Gasteiger partial charge in [0.25, 0.3) is 0 Å². The van der Waals surface area contributed by atoms with E-state index in [-0.39, 0.29) is 13.0 Å². The Labute approximate surface area is 91.6 Å². The number of benzene rings is 1. The summed E-state index contributed by atoms with van der Waals surface area (Å²) >= 11 is 0. The van der Waals surface area contributed by atoms with Crippen LogP contribution in [0.3, 0.4) is 0 Å². The lowest BCUT2D eigenvalue weighted by Gasteiger charge is -2.24. The fourth-order valence-corrected chi connectivity index (χ4v) is 1.76. The summed E-state index contributed by atoms with van der Waals surface area (Å²) in [5.74, 6) is -1.27. The van der Waals surface area contributed by atoms with Crippen LogP contribution < -0.4 is 9.47 Å². The van der Waals surface area contributed by atoms with Gasteiger partial charge in [-0.2, -0.15) is 0 Å². The number of carboxylic acids is 1. The highest BCUT2D eigenvalue weighted by Crippen LogP contribution is 2.37. The van der Waals surface area contributed by atoms with E-state index in [0.29, 0.717) is 17.1 Å². The zero-order valence-electron chi connectivity index (χ0n) is 8.70. The number of carboxylic acid groups (broad SMARTS) is 1. The molecule has 2 rings (SSSR count). The molecule has 0 aliphatic carbocycles. The van der Waals surface area contributed by atoms with E-state index < -0.39 is 17.7 Å². The molecule has 0 unspecified atom stereocenters. The van der Waals surface area contributed by atoms with Gasteiger partial charge in [0, 0.05) is 11.6 Å². The van der Waals surface area contributed by atoms with Crippen molar-refractivity contribution in [2.75, 3.05) is 13.7 Å². The van der Waals surface area contributed by atoms with Crippen molar-refractivity contribution in [3.63, 3.8) is 0 Å². The summed E-state index contributed by atoms with van der Waals surface area (Å²) in [5.41, 5.74) is 0.538. The average molecular weight is 226 g/mol. The Hall–Kier alpha value is -1.78. The molecule has 0 radical (unpaired) electrons. The van der Waals surface area contributed by atoms with Gasteiger partial charge in [-0.25, -0.2) is 4.39 Å². The summed E-state index contributed by atoms with van der Waals surface area (Å²) in [7, 11) is 1.42. The molecule has 86 valence electrons. The lowest BCUT2D eigenvalue weighted by Crippen LogP contribution is -2.28. The third-order valence-electron chi connectivity index (χ3n) is 2.56. The van der Waals surface area contributed by atoms with Gasteiger partial charge < -0.3 is 14.6 Å². The Balaban J connectivity index is 2.38. The summed E-state index contributed by atoms with van der Waals surface area (Å²) in [6.07, 6.45) is 0.263. The fraction of sp³-hybridized carbons (Fsp3) is 0.364. The zero-order valence-corrected chi connectivity index (χ0v) is 8.70. The Bertz CT molecular complexity index is 430. The van der Waals surface area contributed by atoms with Gasteiger partial charge in [0.15, 0.2) is 11.5 Å². The van der Waals surface area contributed by atoms with Gasteiger partial charge in [-0.1, -0.05) is 0 Å². The number of hydrogen-bond acceptors (Lipinski definition) is 3. The lowest BCUT2D eigenvalue weighted by molar-refractivity contribution is -0.143. The number of aliphatic carboxylic acids is 1. The van der Waals surface area contributed by atoms with Crippen molar-refractivity contribution in [3.05, 3.63) is 23.5 Å². The van der Waals surface area contributed by atoms with Gasteiger partial charge in [-0.15, -0.1) is 0 Å². The number of rotatable bonds is 2. The van der Waals surface area contributed by atoms with E-state index in [1.807, 2.05) is 0 Å². The molecule has 16 heavy (non-hydrogen) atoms. The van der Waals surface area contributed by atoms with E-state index >= 15 is 0 Å². The van der Waals surface area contributed by atoms with E-state index in [2.05, 4.69) is 0 Å². The highest BCUT2D eigenvalue weighted by Gasteiger charge is 2.28.